The second kappa shape index (κ2) is 5.01. The summed E-state index contributed by atoms with van der Waals surface area (Å²) in [5.41, 5.74) is 0.632. The zero-order valence-corrected chi connectivity index (χ0v) is 14.1. The Hall–Kier alpha value is -1.49. The maximum Gasteiger partial charge on any atom is 0.322 e. The summed E-state index contributed by atoms with van der Waals surface area (Å²) < 4.78 is 23.3. The molecule has 1 N–H and O–H groups in total. The van der Waals surface area contributed by atoms with Crippen LogP contribution >= 0.6 is 22.6 Å². The molecule has 1 aromatic rings. The van der Waals surface area contributed by atoms with Crippen molar-refractivity contribution in [2.75, 3.05) is 12.3 Å². The zero-order chi connectivity index (χ0) is 16.1. The highest BCUT2D eigenvalue weighted by Crippen LogP contribution is 2.41. The highest BCUT2D eigenvalue weighted by molar-refractivity contribution is 14.1. The smallest absolute Gasteiger partial charge is 0.322 e. The van der Waals surface area contributed by atoms with Crippen molar-refractivity contribution in [1.29, 1.82) is 0 Å². The highest BCUT2D eigenvalue weighted by atomic mass is 127. The number of halogens is 1. The van der Waals surface area contributed by atoms with Gasteiger partial charge in [-0.15, -0.1) is 0 Å². The van der Waals surface area contributed by atoms with Crippen LogP contribution in [0.5, 0.6) is 0 Å². The monoisotopic (exact) mass is 434 g/mol. The lowest BCUT2D eigenvalue weighted by Crippen LogP contribution is -2.69. The molecule has 0 bridgehead atoms. The molecular weight excluding hydrogens is 423 g/mol. The molecule has 1 unspecified atom stereocenters. The Bertz CT molecular complexity index is 792. The van der Waals surface area contributed by atoms with E-state index in [1.165, 1.54) is 6.08 Å². The van der Waals surface area contributed by atoms with E-state index in [1.54, 1.807) is 47.0 Å². The third-order valence-electron chi connectivity index (χ3n) is 3.62. The minimum absolute atomic E-state index is 0.120. The van der Waals surface area contributed by atoms with Crippen LogP contribution in [0.15, 0.2) is 30.0 Å². The summed E-state index contributed by atoms with van der Waals surface area (Å²) >= 11 is 1.60. The normalized spacial score (nSPS) is 31.5. The Morgan fingerprint density at radius 3 is 2.82 bits per heavy atom. The van der Waals surface area contributed by atoms with Crippen molar-refractivity contribution in [3.63, 3.8) is 0 Å². The van der Waals surface area contributed by atoms with Crippen LogP contribution in [0.3, 0.4) is 0 Å². The van der Waals surface area contributed by atoms with Crippen molar-refractivity contribution in [2.45, 2.75) is 8.80 Å². The van der Waals surface area contributed by atoms with Gasteiger partial charge in [0.2, 0.25) is 0 Å². The third kappa shape index (κ3) is 2.32. The Labute approximate surface area is 140 Å². The van der Waals surface area contributed by atoms with Gasteiger partial charge in [-0.25, -0.2) is 8.42 Å². The number of carboxylic acids is 1. The molecule has 2 aliphatic rings. The first-order valence-electron chi connectivity index (χ1n) is 6.32. The molecule has 22 heavy (non-hydrogen) atoms. The number of carboxylic acid groups (broad SMARTS) is 1. The van der Waals surface area contributed by atoms with E-state index in [1.807, 2.05) is 0 Å². The summed E-state index contributed by atoms with van der Waals surface area (Å²) in [6.07, 6.45) is 2.99. The molecule has 0 saturated carbocycles. The Balaban J connectivity index is 1.98. The number of nitrogens with zero attached hydrogens (tertiary/aromatic N) is 2. The molecule has 9 heteroatoms. The number of rotatable bonds is 2. The van der Waals surface area contributed by atoms with E-state index in [4.69, 9.17) is 0 Å². The number of carbonyl (C=O) groups excluding carboxylic acids is 1. The van der Waals surface area contributed by atoms with Crippen LogP contribution < -0.4 is 0 Å². The molecule has 2 aliphatic heterocycles. The van der Waals surface area contributed by atoms with Crippen LogP contribution in [0.1, 0.15) is 5.69 Å². The molecule has 7 nitrogen and oxygen atoms in total. The molecule has 0 spiro atoms. The SMILES string of the molecule is O=C1C(=Cc2ccccn2)[C@@H]2N1CC(I)(C(=O)O)CS2(=O)=O. The first-order valence-corrected chi connectivity index (χ1v) is 9.11. The van der Waals surface area contributed by atoms with E-state index in [-0.39, 0.29) is 12.1 Å². The summed E-state index contributed by atoms with van der Waals surface area (Å²) in [4.78, 5) is 28.6. The number of aromatic nitrogens is 1. The van der Waals surface area contributed by atoms with Crippen LogP contribution in [0.4, 0.5) is 0 Å². The van der Waals surface area contributed by atoms with Crippen LogP contribution in [-0.2, 0) is 19.4 Å². The van der Waals surface area contributed by atoms with Crippen LogP contribution in [-0.4, -0.2) is 56.4 Å². The third-order valence-corrected chi connectivity index (χ3v) is 7.41. The maximum absolute atomic E-state index is 12.4. The van der Waals surface area contributed by atoms with Crippen molar-refractivity contribution in [3.05, 3.63) is 35.7 Å². The van der Waals surface area contributed by atoms with E-state index < -0.39 is 36.3 Å². The van der Waals surface area contributed by atoms with Crippen molar-refractivity contribution < 1.29 is 23.1 Å². The first kappa shape index (κ1) is 15.4. The predicted molar refractivity (Wildman–Crippen MR) is 85.9 cm³/mol. The first-order chi connectivity index (χ1) is 10.2. The molecule has 0 aromatic carbocycles. The molecule has 3 rings (SSSR count). The number of fused-ring (bicyclic) bond motifs is 1. The molecule has 2 saturated heterocycles. The molecule has 1 amide bonds. The molecule has 2 fully saturated rings. The number of carbonyl (C=O) groups is 2. The Morgan fingerprint density at radius 2 is 2.23 bits per heavy atom. The fourth-order valence-electron chi connectivity index (χ4n) is 2.62. The van der Waals surface area contributed by atoms with Gasteiger partial charge in [-0.3, -0.25) is 14.6 Å². The zero-order valence-electron chi connectivity index (χ0n) is 11.1. The molecule has 0 aliphatic carbocycles. The molecular formula is C13H11IN2O5S. The maximum atomic E-state index is 12.4. The number of β-lactam (4-membered cyclic amide) rings is 1. The molecule has 1 aromatic heterocycles. The number of hydrogen-bond acceptors (Lipinski definition) is 5. The van der Waals surface area contributed by atoms with Gasteiger partial charge in [0, 0.05) is 12.7 Å². The number of hydrogen-bond donors (Lipinski definition) is 1. The average Bonchev–Trinajstić information content (AvgIpc) is 2.45. The number of pyridine rings is 1. The average molecular weight is 434 g/mol. The second-order valence-electron chi connectivity index (χ2n) is 5.22. The number of amides is 1. The second-order valence-corrected chi connectivity index (χ2v) is 9.34. The van der Waals surface area contributed by atoms with E-state index in [0.29, 0.717) is 5.69 Å². The lowest BCUT2D eigenvalue weighted by atomic mass is 10.0. The minimum Gasteiger partial charge on any atom is -0.480 e. The predicted octanol–water partition coefficient (Wildman–Crippen LogP) is 0.320. The Kier molecular flexibility index (Phi) is 3.51. The van der Waals surface area contributed by atoms with Gasteiger partial charge in [0.1, 0.15) is 0 Å². The van der Waals surface area contributed by atoms with Crippen molar-refractivity contribution >= 4 is 50.4 Å². The van der Waals surface area contributed by atoms with Crippen LogP contribution in [0, 0.1) is 0 Å². The van der Waals surface area contributed by atoms with Gasteiger partial charge in [-0.2, -0.15) is 0 Å². The molecule has 0 radical (unpaired) electrons. The van der Waals surface area contributed by atoms with Crippen LogP contribution in [0.2, 0.25) is 0 Å². The number of sulfone groups is 1. The number of alkyl halides is 1. The highest BCUT2D eigenvalue weighted by Gasteiger charge is 2.60. The van der Waals surface area contributed by atoms with Crippen molar-refractivity contribution in [3.8, 4) is 0 Å². The summed E-state index contributed by atoms with van der Waals surface area (Å²) in [6.45, 7) is -0.120. The lowest BCUT2D eigenvalue weighted by Gasteiger charge is -2.49. The number of aliphatic carboxylic acids is 1. The quantitative estimate of drug-likeness (QED) is 0.311. The van der Waals surface area contributed by atoms with Gasteiger partial charge in [-0.05, 0) is 18.2 Å². The fraction of sp³-hybridized carbons (Fsp3) is 0.308. The van der Waals surface area contributed by atoms with Gasteiger partial charge in [0.05, 0.1) is 17.0 Å². The summed E-state index contributed by atoms with van der Waals surface area (Å²) in [5.74, 6) is -2.18. The van der Waals surface area contributed by atoms with Gasteiger partial charge in [-0.1, -0.05) is 28.7 Å². The topological polar surface area (TPSA) is 105 Å². The Morgan fingerprint density at radius 1 is 1.50 bits per heavy atom. The van der Waals surface area contributed by atoms with E-state index in [9.17, 15) is 23.1 Å². The fourth-order valence-corrected chi connectivity index (χ4v) is 6.41. The van der Waals surface area contributed by atoms with Crippen LogP contribution in [0.25, 0.3) is 6.08 Å². The van der Waals surface area contributed by atoms with Crippen molar-refractivity contribution in [2.24, 2.45) is 0 Å². The molecule has 3 heterocycles. The minimum atomic E-state index is -3.76. The standard InChI is InChI=1S/C13H11IN2O5S/c14-13(12(18)19)6-16-10(17)9(11(16)22(20,21)7-13)5-8-3-1-2-4-15-8/h1-5,11H,6-7H2,(H,18,19)/t11-,13?/m1/s1. The van der Waals surface area contributed by atoms with Gasteiger partial charge in [0.15, 0.2) is 18.6 Å². The van der Waals surface area contributed by atoms with Gasteiger partial charge in [0.25, 0.3) is 5.91 Å². The largest absolute Gasteiger partial charge is 0.480 e. The van der Waals surface area contributed by atoms with Gasteiger partial charge >= 0.3 is 5.97 Å². The van der Waals surface area contributed by atoms with E-state index >= 15 is 0 Å². The van der Waals surface area contributed by atoms with Gasteiger partial charge < -0.3 is 10.0 Å². The van der Waals surface area contributed by atoms with E-state index in [0.717, 1.165) is 4.90 Å². The van der Waals surface area contributed by atoms with E-state index in [2.05, 4.69) is 4.98 Å². The summed E-state index contributed by atoms with van der Waals surface area (Å²) in [7, 11) is -3.76. The van der Waals surface area contributed by atoms with Crippen molar-refractivity contribution in [1.82, 2.24) is 9.88 Å². The summed E-state index contributed by atoms with van der Waals surface area (Å²) in [5, 5.41) is 8.15. The molecule has 2 atom stereocenters. The molecule has 116 valence electrons. The lowest BCUT2D eigenvalue weighted by molar-refractivity contribution is -0.142. The summed E-state index contributed by atoms with van der Waals surface area (Å²) in [6, 6.07) is 5.11.